The predicted octanol–water partition coefficient (Wildman–Crippen LogP) is 4.89. The molecule has 1 N–H and O–H groups in total. The van der Waals surface area contributed by atoms with E-state index in [9.17, 15) is 23.5 Å². The molecule has 8 heteroatoms. The summed E-state index contributed by atoms with van der Waals surface area (Å²) in [6.45, 7) is 0.0362. The third-order valence-electron chi connectivity index (χ3n) is 5.61. The summed E-state index contributed by atoms with van der Waals surface area (Å²) in [5.41, 5.74) is 1.51. The molecule has 5 rings (SSSR count). The Balaban J connectivity index is 1.93. The number of rotatable bonds is 4. The number of hydrogen-bond donors (Lipinski definition) is 1. The van der Waals surface area contributed by atoms with E-state index in [1.807, 2.05) is 0 Å². The molecule has 0 spiro atoms. The summed E-state index contributed by atoms with van der Waals surface area (Å²) in [4.78, 5) is 34.4. The number of nitrogens with zero attached hydrogens (tertiary/aromatic N) is 3. The molecule has 6 nitrogen and oxygen atoms in total. The second kappa shape index (κ2) is 8.47. The smallest absolute Gasteiger partial charge is 0.341 e. The summed E-state index contributed by atoms with van der Waals surface area (Å²) >= 11 is 0. The van der Waals surface area contributed by atoms with E-state index in [4.69, 9.17) is 16.4 Å². The molecule has 170 valence electrons. The van der Waals surface area contributed by atoms with Gasteiger partial charge in [-0.3, -0.25) is 4.79 Å². The zero-order valence-electron chi connectivity index (χ0n) is 18.0. The summed E-state index contributed by atoms with van der Waals surface area (Å²) in [6, 6.07) is 14.5. The standard InChI is InChI=1S/C27H15F2N3O3/c1-2-13-32-14-19(27(34)35)26(33)22-21(32)12-11-20-25(22)31-24(16-5-9-18(29)10-6-16)23(30-20)15-3-7-17(28)8-4-15/h1,3-12,14H,13H2,(H,34,35). The van der Waals surface area contributed by atoms with Gasteiger partial charge >= 0.3 is 5.97 Å². The van der Waals surface area contributed by atoms with E-state index in [2.05, 4.69) is 5.92 Å². The monoisotopic (exact) mass is 467 g/mol. The van der Waals surface area contributed by atoms with Crippen LogP contribution >= 0.6 is 0 Å². The maximum Gasteiger partial charge on any atom is 0.341 e. The van der Waals surface area contributed by atoms with Crippen molar-refractivity contribution in [3.63, 3.8) is 0 Å². The third-order valence-corrected chi connectivity index (χ3v) is 5.61. The number of halogens is 2. The average Bonchev–Trinajstić information content (AvgIpc) is 2.85. The van der Waals surface area contributed by atoms with Gasteiger partial charge in [0.15, 0.2) is 0 Å². The van der Waals surface area contributed by atoms with Gasteiger partial charge in [0.1, 0.15) is 22.7 Å². The van der Waals surface area contributed by atoms with Gasteiger partial charge in [0.2, 0.25) is 5.43 Å². The Morgan fingerprint density at radius 2 is 1.49 bits per heavy atom. The number of pyridine rings is 1. The Labute approximate surface area is 197 Å². The zero-order chi connectivity index (χ0) is 24.7. The lowest BCUT2D eigenvalue weighted by Crippen LogP contribution is -2.19. The number of carboxylic acid groups (broad SMARTS) is 1. The summed E-state index contributed by atoms with van der Waals surface area (Å²) in [7, 11) is 0. The summed E-state index contributed by atoms with van der Waals surface area (Å²) in [5, 5.41) is 9.65. The number of carboxylic acids is 1. The number of aromatic carboxylic acids is 1. The topological polar surface area (TPSA) is 85.1 Å². The van der Waals surface area contributed by atoms with Crippen LogP contribution < -0.4 is 5.43 Å². The zero-order valence-corrected chi connectivity index (χ0v) is 18.0. The van der Waals surface area contributed by atoms with Gasteiger partial charge in [-0.1, -0.05) is 5.92 Å². The Bertz CT molecular complexity index is 1740. The maximum atomic E-state index is 13.6. The third kappa shape index (κ3) is 3.79. The van der Waals surface area contributed by atoms with Crippen LogP contribution in [0.15, 0.2) is 71.7 Å². The van der Waals surface area contributed by atoms with Crippen molar-refractivity contribution in [2.75, 3.05) is 0 Å². The number of hydrogen-bond acceptors (Lipinski definition) is 4. The fourth-order valence-corrected chi connectivity index (χ4v) is 3.99. The van der Waals surface area contributed by atoms with Crippen molar-refractivity contribution in [3.05, 3.63) is 94.3 Å². The number of carbonyl (C=O) groups is 1. The largest absolute Gasteiger partial charge is 0.477 e. The average molecular weight is 467 g/mol. The summed E-state index contributed by atoms with van der Waals surface area (Å²) < 4.78 is 28.7. The molecular formula is C27H15F2N3O3. The number of aromatic nitrogens is 3. The van der Waals surface area contributed by atoms with Crippen molar-refractivity contribution in [1.29, 1.82) is 0 Å². The number of benzene rings is 3. The highest BCUT2D eigenvalue weighted by Gasteiger charge is 2.20. The molecule has 0 aliphatic rings. The van der Waals surface area contributed by atoms with E-state index in [0.717, 1.165) is 0 Å². The van der Waals surface area contributed by atoms with Crippen LogP contribution in [0.25, 0.3) is 44.5 Å². The van der Waals surface area contributed by atoms with Gasteiger partial charge in [0.25, 0.3) is 0 Å². The molecule has 0 amide bonds. The highest BCUT2D eigenvalue weighted by atomic mass is 19.1. The first-order valence-corrected chi connectivity index (χ1v) is 10.4. The quantitative estimate of drug-likeness (QED) is 0.301. The lowest BCUT2D eigenvalue weighted by molar-refractivity contribution is 0.0695. The van der Waals surface area contributed by atoms with Crippen molar-refractivity contribution in [2.45, 2.75) is 6.54 Å². The minimum Gasteiger partial charge on any atom is -0.477 e. The van der Waals surface area contributed by atoms with Crippen LogP contribution in [0.4, 0.5) is 8.78 Å². The van der Waals surface area contributed by atoms with Crippen molar-refractivity contribution < 1.29 is 18.7 Å². The molecule has 0 saturated heterocycles. The number of fused-ring (bicyclic) bond motifs is 3. The summed E-state index contributed by atoms with van der Waals surface area (Å²) in [6.07, 6.45) is 6.66. The van der Waals surface area contributed by atoms with Crippen molar-refractivity contribution in [1.82, 2.24) is 14.5 Å². The molecule has 0 aliphatic heterocycles. The first-order chi connectivity index (χ1) is 16.9. The molecule has 0 radical (unpaired) electrons. The van der Waals surface area contributed by atoms with E-state index >= 15 is 0 Å². The second-order valence-corrected chi connectivity index (χ2v) is 7.77. The Kier molecular flexibility index (Phi) is 5.30. The van der Waals surface area contributed by atoms with E-state index in [0.29, 0.717) is 33.5 Å². The molecule has 5 aromatic rings. The first-order valence-electron chi connectivity index (χ1n) is 10.4. The van der Waals surface area contributed by atoms with Crippen LogP contribution in [0.5, 0.6) is 0 Å². The Morgan fingerprint density at radius 3 is 2.03 bits per heavy atom. The lowest BCUT2D eigenvalue weighted by Gasteiger charge is -2.14. The Morgan fingerprint density at radius 1 is 0.914 bits per heavy atom. The fraction of sp³-hybridized carbons (Fsp3) is 0.0370. The molecular weight excluding hydrogens is 452 g/mol. The van der Waals surface area contributed by atoms with Crippen molar-refractivity contribution in [2.24, 2.45) is 0 Å². The predicted molar refractivity (Wildman–Crippen MR) is 128 cm³/mol. The van der Waals surface area contributed by atoms with Crippen LogP contribution in [0.2, 0.25) is 0 Å². The van der Waals surface area contributed by atoms with Crippen molar-refractivity contribution in [3.8, 4) is 34.9 Å². The van der Waals surface area contributed by atoms with Gasteiger partial charge in [0.05, 0.1) is 34.4 Å². The molecule has 3 aromatic carbocycles. The second-order valence-electron chi connectivity index (χ2n) is 7.77. The normalized spacial score (nSPS) is 11.0. The molecule has 0 bridgehead atoms. The van der Waals surface area contributed by atoms with Gasteiger partial charge in [-0.25, -0.2) is 23.5 Å². The van der Waals surface area contributed by atoms with Crippen LogP contribution in [0, 0.1) is 24.0 Å². The van der Waals surface area contributed by atoms with E-state index in [-0.39, 0.29) is 17.4 Å². The molecule has 0 atom stereocenters. The molecule has 0 fully saturated rings. The van der Waals surface area contributed by atoms with E-state index in [1.165, 1.54) is 47.2 Å². The van der Waals surface area contributed by atoms with Crippen molar-refractivity contribution >= 4 is 27.9 Å². The van der Waals surface area contributed by atoms with Crippen LogP contribution in [0.1, 0.15) is 10.4 Å². The molecule has 0 unspecified atom stereocenters. The van der Waals surface area contributed by atoms with E-state index in [1.54, 1.807) is 24.3 Å². The molecule has 2 heterocycles. The highest BCUT2D eigenvalue weighted by molar-refractivity contribution is 6.06. The lowest BCUT2D eigenvalue weighted by atomic mass is 10.0. The highest BCUT2D eigenvalue weighted by Crippen LogP contribution is 2.33. The molecule has 0 saturated carbocycles. The van der Waals surface area contributed by atoms with Gasteiger partial charge in [0, 0.05) is 17.3 Å². The molecule has 35 heavy (non-hydrogen) atoms. The SMILES string of the molecule is C#CCn1cc(C(=O)O)c(=O)c2c3nc(-c4ccc(F)cc4)c(-c4ccc(F)cc4)nc3ccc21. The minimum absolute atomic E-state index is 0.0362. The van der Waals surface area contributed by atoms with Crippen LogP contribution in [0.3, 0.4) is 0 Å². The minimum atomic E-state index is -1.39. The maximum absolute atomic E-state index is 13.6. The molecule has 0 aliphatic carbocycles. The van der Waals surface area contributed by atoms with E-state index < -0.39 is 28.6 Å². The van der Waals surface area contributed by atoms with Crippen LogP contribution in [-0.2, 0) is 6.54 Å². The summed E-state index contributed by atoms with van der Waals surface area (Å²) in [5.74, 6) is 0.190. The Hall–Kier alpha value is -4.90. The first kappa shape index (κ1) is 21.9. The van der Waals surface area contributed by atoms with Gasteiger partial charge in [-0.05, 0) is 60.7 Å². The van der Waals surface area contributed by atoms with Gasteiger partial charge in [-0.2, -0.15) is 0 Å². The van der Waals surface area contributed by atoms with Crippen LogP contribution in [-0.4, -0.2) is 25.6 Å². The van der Waals surface area contributed by atoms with Gasteiger partial charge in [-0.15, -0.1) is 6.42 Å². The van der Waals surface area contributed by atoms with Gasteiger partial charge < -0.3 is 9.67 Å². The number of terminal acetylenes is 1. The fourth-order valence-electron chi connectivity index (χ4n) is 3.99. The molecule has 2 aromatic heterocycles.